The van der Waals surface area contributed by atoms with E-state index in [0.29, 0.717) is 22.8 Å². The number of phenols is 1. The van der Waals surface area contributed by atoms with E-state index < -0.39 is 0 Å². The van der Waals surface area contributed by atoms with E-state index in [0.717, 1.165) is 45.8 Å². The van der Waals surface area contributed by atoms with Crippen molar-refractivity contribution < 1.29 is 38.8 Å². The maximum Gasteiger partial charge on any atom is 0.223 e. The Morgan fingerprint density at radius 1 is 0.968 bits per heavy atom. The van der Waals surface area contributed by atoms with Gasteiger partial charge in [-0.1, -0.05) is 0 Å². The Balaban J connectivity index is 2.05. The van der Waals surface area contributed by atoms with Crippen molar-refractivity contribution in [1.82, 2.24) is 0 Å². The maximum absolute atomic E-state index is 10.4. The molecule has 2 unspecified atom stereocenters. The van der Waals surface area contributed by atoms with Crippen molar-refractivity contribution in [2.75, 3.05) is 42.1 Å². The molecule has 3 N–H and O–H groups in total. The zero-order valence-electron chi connectivity index (χ0n) is 18.4. The van der Waals surface area contributed by atoms with Gasteiger partial charge in [0.25, 0.3) is 0 Å². The SMILES string of the molecule is COc1cc2c(c(CO)c1OC)C=C1c3c(cc(O)c(OC)c3OC)CC[NH+]1C2OC. The summed E-state index contributed by atoms with van der Waals surface area (Å²) in [5, 5.41) is 20.6. The van der Waals surface area contributed by atoms with Crippen LogP contribution in [0, 0.1) is 0 Å². The topological polar surface area (TPSA) is 91.1 Å². The minimum absolute atomic E-state index is 0.0455. The van der Waals surface area contributed by atoms with Gasteiger partial charge < -0.3 is 33.9 Å². The lowest BCUT2D eigenvalue weighted by Gasteiger charge is -2.38. The van der Waals surface area contributed by atoms with E-state index in [-0.39, 0.29) is 24.3 Å². The first-order valence-electron chi connectivity index (χ1n) is 10.0. The molecule has 0 saturated carbocycles. The first kappa shape index (κ1) is 21.3. The van der Waals surface area contributed by atoms with E-state index in [1.807, 2.05) is 12.1 Å². The number of fused-ring (bicyclic) bond motifs is 4. The third kappa shape index (κ3) is 3.10. The first-order chi connectivity index (χ1) is 15.0. The van der Waals surface area contributed by atoms with Crippen molar-refractivity contribution in [3.8, 4) is 28.7 Å². The number of nitrogens with one attached hydrogen (secondary N) is 1. The van der Waals surface area contributed by atoms with Gasteiger partial charge in [-0.2, -0.15) is 0 Å². The summed E-state index contributed by atoms with van der Waals surface area (Å²) in [5.74, 6) is 1.85. The van der Waals surface area contributed by atoms with Crippen molar-refractivity contribution in [2.24, 2.45) is 0 Å². The fourth-order valence-corrected chi connectivity index (χ4v) is 4.82. The Bertz CT molecular complexity index is 1050. The van der Waals surface area contributed by atoms with Gasteiger partial charge in [0, 0.05) is 30.7 Å². The number of rotatable bonds is 6. The van der Waals surface area contributed by atoms with Gasteiger partial charge in [0.15, 0.2) is 23.0 Å². The van der Waals surface area contributed by atoms with Crippen molar-refractivity contribution in [3.63, 3.8) is 0 Å². The fourth-order valence-electron chi connectivity index (χ4n) is 4.82. The van der Waals surface area contributed by atoms with Crippen LogP contribution in [0.25, 0.3) is 11.8 Å². The summed E-state index contributed by atoms with van der Waals surface area (Å²) >= 11 is 0. The normalized spacial score (nSPS) is 19.0. The number of quaternary nitrogens is 1. The lowest BCUT2D eigenvalue weighted by Crippen LogP contribution is -3.11. The lowest BCUT2D eigenvalue weighted by atomic mass is 9.86. The molecule has 8 nitrogen and oxygen atoms in total. The van der Waals surface area contributed by atoms with Crippen molar-refractivity contribution in [3.05, 3.63) is 39.9 Å². The molecule has 0 aromatic heterocycles. The van der Waals surface area contributed by atoms with Gasteiger partial charge in [0.05, 0.1) is 52.7 Å². The van der Waals surface area contributed by atoms with Gasteiger partial charge in [-0.3, -0.25) is 4.90 Å². The van der Waals surface area contributed by atoms with Gasteiger partial charge in [0.2, 0.25) is 12.0 Å². The van der Waals surface area contributed by atoms with Crippen molar-refractivity contribution in [2.45, 2.75) is 19.3 Å². The molecule has 0 amide bonds. The predicted molar refractivity (Wildman–Crippen MR) is 114 cm³/mol. The van der Waals surface area contributed by atoms with E-state index >= 15 is 0 Å². The summed E-state index contributed by atoms with van der Waals surface area (Å²) in [7, 11) is 7.86. The Morgan fingerprint density at radius 2 is 1.68 bits per heavy atom. The fraction of sp³-hybridized carbons (Fsp3) is 0.391. The van der Waals surface area contributed by atoms with Crippen LogP contribution in [0.2, 0.25) is 0 Å². The molecule has 0 fully saturated rings. The lowest BCUT2D eigenvalue weighted by molar-refractivity contribution is -0.889. The number of aromatic hydroxyl groups is 1. The van der Waals surface area contributed by atoms with Crippen LogP contribution in [-0.2, 0) is 17.8 Å². The first-order valence-corrected chi connectivity index (χ1v) is 10.0. The summed E-state index contributed by atoms with van der Waals surface area (Å²) in [5.41, 5.74) is 5.14. The molecule has 166 valence electrons. The third-order valence-electron chi connectivity index (χ3n) is 6.11. The van der Waals surface area contributed by atoms with Crippen LogP contribution >= 0.6 is 0 Å². The second-order valence-electron chi connectivity index (χ2n) is 7.45. The highest BCUT2D eigenvalue weighted by Crippen LogP contribution is 2.47. The standard InChI is InChI=1S/C23H27NO7/c1-27-18-10-14-13(15(11-25)20(18)28-2)9-16-19-12(6-7-24(16)23(14)31-5)8-17(26)21(29-3)22(19)30-4/h8-10,23,25-26H,6-7,11H2,1-5H3/p+1. The molecule has 4 rings (SSSR count). The van der Waals surface area contributed by atoms with Gasteiger partial charge >= 0.3 is 0 Å². The summed E-state index contributed by atoms with van der Waals surface area (Å²) in [6.45, 7) is 0.537. The molecule has 0 saturated heterocycles. The maximum atomic E-state index is 10.4. The molecule has 0 aliphatic carbocycles. The molecule has 2 heterocycles. The monoisotopic (exact) mass is 430 g/mol. The Morgan fingerprint density at radius 3 is 2.26 bits per heavy atom. The van der Waals surface area contributed by atoms with E-state index in [1.165, 1.54) is 7.11 Å². The number of methoxy groups -OCH3 is 5. The molecule has 31 heavy (non-hydrogen) atoms. The summed E-state index contributed by atoms with van der Waals surface area (Å²) < 4.78 is 28.1. The highest BCUT2D eigenvalue weighted by molar-refractivity contribution is 5.87. The van der Waals surface area contributed by atoms with Gasteiger partial charge in [-0.15, -0.1) is 0 Å². The van der Waals surface area contributed by atoms with Crippen molar-refractivity contribution >= 4 is 11.8 Å². The molecule has 2 aliphatic heterocycles. The molecule has 8 heteroatoms. The number of aliphatic hydroxyl groups excluding tert-OH is 1. The predicted octanol–water partition coefficient (Wildman–Crippen LogP) is 1.52. The van der Waals surface area contributed by atoms with Crippen LogP contribution < -0.4 is 23.8 Å². The van der Waals surface area contributed by atoms with E-state index in [1.54, 1.807) is 34.5 Å². The Labute approximate surface area is 181 Å². The summed E-state index contributed by atoms with van der Waals surface area (Å²) in [6, 6.07) is 3.64. The zero-order valence-corrected chi connectivity index (χ0v) is 18.4. The molecule has 0 spiro atoms. The number of phenolic OH excluding ortho intramolecular Hbond substituents is 1. The van der Waals surface area contributed by atoms with Crippen LogP contribution in [0.1, 0.15) is 34.0 Å². The Hall–Kier alpha value is -2.94. The minimum atomic E-state index is -0.322. The number of benzene rings is 2. The zero-order chi connectivity index (χ0) is 22.3. The highest BCUT2D eigenvalue weighted by atomic mass is 16.5. The molecule has 0 radical (unpaired) electrons. The smallest absolute Gasteiger partial charge is 0.223 e. The second-order valence-corrected chi connectivity index (χ2v) is 7.45. The van der Waals surface area contributed by atoms with E-state index in [9.17, 15) is 10.2 Å². The highest BCUT2D eigenvalue weighted by Gasteiger charge is 2.42. The molecular weight excluding hydrogens is 402 g/mol. The van der Waals surface area contributed by atoms with Crippen molar-refractivity contribution in [1.29, 1.82) is 0 Å². The van der Waals surface area contributed by atoms with E-state index in [2.05, 4.69) is 0 Å². The number of hydrogen-bond donors (Lipinski definition) is 3. The van der Waals surface area contributed by atoms with Crippen LogP contribution in [0.5, 0.6) is 28.7 Å². The summed E-state index contributed by atoms with van der Waals surface area (Å²) in [6.07, 6.45) is 2.44. The van der Waals surface area contributed by atoms with Gasteiger partial charge in [0.1, 0.15) is 5.70 Å². The van der Waals surface area contributed by atoms with Crippen LogP contribution in [0.3, 0.4) is 0 Å². The summed E-state index contributed by atoms with van der Waals surface area (Å²) in [4.78, 5) is 1.10. The second kappa shape index (κ2) is 8.30. The molecule has 0 bridgehead atoms. The Kier molecular flexibility index (Phi) is 5.70. The largest absolute Gasteiger partial charge is 0.504 e. The molecule has 2 aromatic carbocycles. The molecule has 2 aromatic rings. The average molecular weight is 430 g/mol. The number of ether oxygens (including phenoxy) is 5. The van der Waals surface area contributed by atoms with Gasteiger partial charge in [-0.05, 0) is 17.7 Å². The molecule has 2 aliphatic rings. The number of hydrogen-bond acceptors (Lipinski definition) is 7. The average Bonchev–Trinajstić information content (AvgIpc) is 2.79. The van der Waals surface area contributed by atoms with Crippen LogP contribution in [0.15, 0.2) is 12.1 Å². The molecular formula is C23H28NO7+. The molecule has 2 atom stereocenters. The minimum Gasteiger partial charge on any atom is -0.504 e. The van der Waals surface area contributed by atoms with Crippen LogP contribution in [-0.4, -0.2) is 52.3 Å². The quantitative estimate of drug-likeness (QED) is 0.640. The number of aliphatic hydroxyl groups is 1. The van der Waals surface area contributed by atoms with Crippen LogP contribution in [0.4, 0.5) is 0 Å². The van der Waals surface area contributed by atoms with E-state index in [4.69, 9.17) is 23.7 Å². The third-order valence-corrected chi connectivity index (χ3v) is 6.11. The van der Waals surface area contributed by atoms with Gasteiger partial charge in [-0.25, -0.2) is 0 Å².